The van der Waals surface area contributed by atoms with Crippen LogP contribution in [-0.2, 0) is 21.7 Å². The Kier molecular flexibility index (Phi) is 10.9. The molecule has 0 saturated heterocycles. The first kappa shape index (κ1) is 43.4. The molecule has 0 radical (unpaired) electrons. The summed E-state index contributed by atoms with van der Waals surface area (Å²) in [7, 11) is 0. The SMILES string of the molecule is Cc1cc(-c2nc3c(-c4cc(-c5cc(-c6ccc(C(C)(C)C)cc6)ccn5)cc(C(C)(C)C)c4)cccc3n2-c2ccc(C(C)(C)C)cc2-c2ccccc2)c(O)c(C(C)(C)C)c1. The van der Waals surface area contributed by atoms with Crippen molar-refractivity contribution in [3.05, 3.63) is 167 Å². The molecule has 320 valence electrons. The second kappa shape index (κ2) is 15.8. The summed E-state index contributed by atoms with van der Waals surface area (Å²) < 4.78 is 2.28. The van der Waals surface area contributed by atoms with Crippen molar-refractivity contribution >= 4 is 11.0 Å². The van der Waals surface area contributed by atoms with Crippen LogP contribution in [0.5, 0.6) is 5.75 Å². The second-order valence-corrected chi connectivity index (χ2v) is 21.6. The molecule has 0 aliphatic rings. The minimum Gasteiger partial charge on any atom is -0.507 e. The number of pyridine rings is 1. The van der Waals surface area contributed by atoms with Gasteiger partial charge in [-0.15, -0.1) is 0 Å². The van der Waals surface area contributed by atoms with E-state index in [-0.39, 0.29) is 27.4 Å². The molecule has 1 N–H and O–H groups in total. The van der Waals surface area contributed by atoms with Crippen LogP contribution in [0.25, 0.3) is 72.7 Å². The van der Waals surface area contributed by atoms with Crippen LogP contribution < -0.4 is 0 Å². The van der Waals surface area contributed by atoms with Crippen LogP contribution in [0.1, 0.15) is 111 Å². The number of aryl methyl sites for hydroxylation is 1. The number of para-hydroxylation sites is 1. The zero-order chi connectivity index (χ0) is 45.2. The Morgan fingerprint density at radius 2 is 1.11 bits per heavy atom. The zero-order valence-corrected chi connectivity index (χ0v) is 39.6. The smallest absolute Gasteiger partial charge is 0.149 e. The Morgan fingerprint density at radius 1 is 0.460 bits per heavy atom. The van der Waals surface area contributed by atoms with Gasteiger partial charge in [0, 0.05) is 28.5 Å². The summed E-state index contributed by atoms with van der Waals surface area (Å²) in [4.78, 5) is 10.6. The monoisotopic (exact) mass is 829 g/mol. The fourth-order valence-corrected chi connectivity index (χ4v) is 8.62. The lowest BCUT2D eigenvalue weighted by Gasteiger charge is -2.24. The Morgan fingerprint density at radius 3 is 1.76 bits per heavy atom. The summed E-state index contributed by atoms with van der Waals surface area (Å²) in [6.07, 6.45) is 1.93. The summed E-state index contributed by atoms with van der Waals surface area (Å²) in [6, 6.07) is 48.3. The normalized spacial score (nSPS) is 12.6. The van der Waals surface area contributed by atoms with E-state index in [2.05, 4.69) is 228 Å². The molecule has 63 heavy (non-hydrogen) atoms. The van der Waals surface area contributed by atoms with E-state index in [1.807, 2.05) is 6.20 Å². The van der Waals surface area contributed by atoms with E-state index in [4.69, 9.17) is 9.97 Å². The predicted octanol–water partition coefficient (Wildman–Crippen LogP) is 16.0. The third-order valence-corrected chi connectivity index (χ3v) is 12.4. The van der Waals surface area contributed by atoms with Gasteiger partial charge in [-0.25, -0.2) is 4.98 Å². The summed E-state index contributed by atoms with van der Waals surface area (Å²) >= 11 is 0. The molecule has 0 saturated carbocycles. The molecule has 2 aromatic heterocycles. The number of phenols is 1. The van der Waals surface area contributed by atoms with E-state index in [1.54, 1.807) is 0 Å². The average molecular weight is 830 g/mol. The molecule has 0 fully saturated rings. The first-order valence-corrected chi connectivity index (χ1v) is 22.4. The highest BCUT2D eigenvalue weighted by atomic mass is 16.3. The van der Waals surface area contributed by atoms with Crippen molar-refractivity contribution in [1.29, 1.82) is 0 Å². The average Bonchev–Trinajstić information content (AvgIpc) is 3.62. The van der Waals surface area contributed by atoms with Crippen molar-refractivity contribution in [1.82, 2.24) is 14.5 Å². The maximum Gasteiger partial charge on any atom is 0.149 e. The van der Waals surface area contributed by atoms with Gasteiger partial charge in [-0.2, -0.15) is 0 Å². The molecule has 8 aromatic rings. The van der Waals surface area contributed by atoms with Crippen molar-refractivity contribution < 1.29 is 5.11 Å². The van der Waals surface area contributed by atoms with E-state index in [9.17, 15) is 5.11 Å². The van der Waals surface area contributed by atoms with Crippen molar-refractivity contribution in [2.75, 3.05) is 0 Å². The van der Waals surface area contributed by atoms with Crippen LogP contribution >= 0.6 is 0 Å². The Bertz CT molecular complexity index is 2980. The number of nitrogens with zero attached hydrogens (tertiary/aromatic N) is 3. The number of hydrogen-bond acceptors (Lipinski definition) is 3. The molecular weight excluding hydrogens is 767 g/mol. The van der Waals surface area contributed by atoms with Crippen molar-refractivity contribution in [3.8, 4) is 67.5 Å². The molecule has 0 unspecified atom stereocenters. The molecule has 2 heterocycles. The number of imidazole rings is 1. The second-order valence-electron chi connectivity index (χ2n) is 21.6. The minimum absolute atomic E-state index is 0.0630. The first-order chi connectivity index (χ1) is 29.6. The third-order valence-electron chi connectivity index (χ3n) is 12.4. The summed E-state index contributed by atoms with van der Waals surface area (Å²) in [6.45, 7) is 28.9. The van der Waals surface area contributed by atoms with Gasteiger partial charge in [-0.05, 0) is 122 Å². The lowest BCUT2D eigenvalue weighted by molar-refractivity contribution is 0.448. The van der Waals surface area contributed by atoms with Crippen LogP contribution in [0.2, 0.25) is 0 Å². The molecule has 0 aliphatic carbocycles. The Hall–Kier alpha value is -6.26. The third kappa shape index (κ3) is 8.61. The van der Waals surface area contributed by atoms with Crippen molar-refractivity contribution in [2.24, 2.45) is 0 Å². The molecule has 0 aliphatic heterocycles. The van der Waals surface area contributed by atoms with Crippen LogP contribution in [-0.4, -0.2) is 19.6 Å². The number of phenolic OH excluding ortho intramolecular Hbond substituents is 1. The van der Waals surface area contributed by atoms with Crippen molar-refractivity contribution in [2.45, 2.75) is 112 Å². The lowest BCUT2D eigenvalue weighted by Crippen LogP contribution is -2.13. The zero-order valence-electron chi connectivity index (χ0n) is 39.6. The van der Waals surface area contributed by atoms with E-state index in [1.165, 1.54) is 22.3 Å². The summed E-state index contributed by atoms with van der Waals surface area (Å²) in [5.41, 5.74) is 17.4. The van der Waals surface area contributed by atoms with Crippen LogP contribution in [0.3, 0.4) is 0 Å². The highest BCUT2D eigenvalue weighted by Crippen LogP contribution is 2.45. The number of hydrogen-bond donors (Lipinski definition) is 1. The number of fused-ring (bicyclic) bond motifs is 1. The van der Waals surface area contributed by atoms with Gasteiger partial charge >= 0.3 is 0 Å². The predicted molar refractivity (Wildman–Crippen MR) is 267 cm³/mol. The number of aromatic nitrogens is 3. The molecule has 0 spiro atoms. The molecular formula is C59H63N3O. The first-order valence-electron chi connectivity index (χ1n) is 22.4. The molecule has 0 amide bonds. The molecule has 0 atom stereocenters. The maximum absolute atomic E-state index is 12.3. The fraction of sp³-hybridized carbons (Fsp3) is 0.288. The van der Waals surface area contributed by atoms with Gasteiger partial charge in [0.15, 0.2) is 0 Å². The highest BCUT2D eigenvalue weighted by Gasteiger charge is 2.28. The standard InChI is InChI=1S/C59H63N3O/c1-37-30-48(54(63)49(31-37)59(11,12)13)55-61-53-46(20-17-21-52(53)62(55)51-27-26-44(57(5,6)7)36-47(51)39-18-15-14-16-19-39)41-32-42(34-45(33-41)58(8,9)10)50-35-40(28-29-60-50)38-22-24-43(25-23-38)56(2,3)4/h14-36,63H,1-13H3. The molecule has 8 rings (SSSR count). The van der Waals surface area contributed by atoms with E-state index >= 15 is 0 Å². The van der Waals surface area contributed by atoms with E-state index < -0.39 is 0 Å². The largest absolute Gasteiger partial charge is 0.507 e. The van der Waals surface area contributed by atoms with Gasteiger partial charge in [0.25, 0.3) is 0 Å². The highest BCUT2D eigenvalue weighted by molar-refractivity contribution is 5.98. The van der Waals surface area contributed by atoms with Gasteiger partial charge < -0.3 is 5.11 Å². The van der Waals surface area contributed by atoms with Gasteiger partial charge in [0.1, 0.15) is 11.6 Å². The van der Waals surface area contributed by atoms with E-state index in [0.717, 1.165) is 66.9 Å². The number of benzene rings is 6. The van der Waals surface area contributed by atoms with Crippen LogP contribution in [0.4, 0.5) is 0 Å². The quantitative estimate of drug-likeness (QED) is 0.182. The van der Waals surface area contributed by atoms with E-state index in [0.29, 0.717) is 11.4 Å². The van der Waals surface area contributed by atoms with Gasteiger partial charge in [-0.1, -0.05) is 168 Å². The molecule has 4 nitrogen and oxygen atoms in total. The molecule has 4 heteroatoms. The van der Waals surface area contributed by atoms with Crippen molar-refractivity contribution in [3.63, 3.8) is 0 Å². The molecule has 6 aromatic carbocycles. The number of rotatable bonds is 6. The Balaban J connectivity index is 1.40. The Labute approximate surface area is 375 Å². The lowest BCUT2D eigenvalue weighted by atomic mass is 9.83. The topological polar surface area (TPSA) is 50.9 Å². The summed E-state index contributed by atoms with van der Waals surface area (Å²) in [5, 5.41) is 12.3. The van der Waals surface area contributed by atoms with Gasteiger partial charge in [-0.3, -0.25) is 9.55 Å². The number of aromatic hydroxyl groups is 1. The minimum atomic E-state index is -0.290. The van der Waals surface area contributed by atoms with Crippen LogP contribution in [0, 0.1) is 6.92 Å². The molecule has 0 bridgehead atoms. The van der Waals surface area contributed by atoms with Crippen LogP contribution in [0.15, 0.2) is 140 Å². The van der Waals surface area contributed by atoms with Gasteiger partial charge in [0.05, 0.1) is 28.0 Å². The summed E-state index contributed by atoms with van der Waals surface area (Å²) in [5.74, 6) is 0.957. The maximum atomic E-state index is 12.3. The van der Waals surface area contributed by atoms with Gasteiger partial charge in [0.2, 0.25) is 0 Å². The fourth-order valence-electron chi connectivity index (χ4n) is 8.62.